The maximum atomic E-state index is 11.9. The number of nitrogens with zero attached hydrogens (tertiary/aromatic N) is 5. The molecular formula is C17H16N6O2S. The Morgan fingerprint density at radius 2 is 2.00 bits per heavy atom. The molecule has 3 heterocycles. The van der Waals surface area contributed by atoms with Gasteiger partial charge in [-0.3, -0.25) is 4.99 Å². The summed E-state index contributed by atoms with van der Waals surface area (Å²) in [7, 11) is -1.41. The Morgan fingerprint density at radius 3 is 2.73 bits per heavy atom. The van der Waals surface area contributed by atoms with Crippen LogP contribution in [0.4, 0.5) is 5.95 Å². The summed E-state index contributed by atoms with van der Waals surface area (Å²) in [5.74, 6) is 0.146. The van der Waals surface area contributed by atoms with Gasteiger partial charge in [0.05, 0.1) is 22.7 Å². The van der Waals surface area contributed by atoms with Crippen LogP contribution in [-0.4, -0.2) is 53.8 Å². The summed E-state index contributed by atoms with van der Waals surface area (Å²) in [4.78, 5) is 19.7. The molecule has 8 nitrogen and oxygen atoms in total. The highest BCUT2D eigenvalue weighted by molar-refractivity contribution is 7.90. The van der Waals surface area contributed by atoms with Crippen molar-refractivity contribution in [2.45, 2.75) is 4.90 Å². The molecule has 0 fully saturated rings. The van der Waals surface area contributed by atoms with E-state index >= 15 is 0 Å². The molecule has 9 heteroatoms. The molecule has 26 heavy (non-hydrogen) atoms. The standard InChI is InChI=1S/C17H16N6O2S/c1-23-6-5-19-14(9-23)16-15-12(8-20-17(18)22-15)11-4-3-10(26(2,24)25)7-13(11)21-16/h3-8H,9H2,1-2H3,(H2,18,20,22). The first-order chi connectivity index (χ1) is 12.3. The van der Waals surface area contributed by atoms with Crippen LogP contribution in [-0.2, 0) is 9.84 Å². The molecule has 3 aromatic rings. The van der Waals surface area contributed by atoms with Crippen LogP contribution < -0.4 is 5.73 Å². The number of aromatic nitrogens is 3. The average Bonchev–Trinajstić information content (AvgIpc) is 2.59. The number of nitrogen functional groups attached to an aromatic ring is 1. The summed E-state index contributed by atoms with van der Waals surface area (Å²) in [6.45, 7) is 0.555. The molecule has 1 aromatic carbocycles. The predicted molar refractivity (Wildman–Crippen MR) is 101 cm³/mol. The minimum absolute atomic E-state index is 0.146. The summed E-state index contributed by atoms with van der Waals surface area (Å²) in [5.41, 5.74) is 8.22. The van der Waals surface area contributed by atoms with E-state index in [0.29, 0.717) is 23.3 Å². The summed E-state index contributed by atoms with van der Waals surface area (Å²) in [6.07, 6.45) is 6.35. The van der Waals surface area contributed by atoms with Gasteiger partial charge in [0.15, 0.2) is 9.84 Å². The number of nitrogens with two attached hydrogens (primary N) is 1. The number of benzene rings is 1. The maximum absolute atomic E-state index is 11.9. The van der Waals surface area contributed by atoms with Crippen molar-refractivity contribution in [3.63, 3.8) is 0 Å². The molecule has 1 aliphatic heterocycles. The van der Waals surface area contributed by atoms with Gasteiger partial charge in [0.1, 0.15) is 11.2 Å². The lowest BCUT2D eigenvalue weighted by Gasteiger charge is -2.19. The van der Waals surface area contributed by atoms with Crippen molar-refractivity contribution in [1.82, 2.24) is 19.9 Å². The molecule has 0 bridgehead atoms. The summed E-state index contributed by atoms with van der Waals surface area (Å²) in [5, 5.41) is 1.51. The molecule has 132 valence electrons. The van der Waals surface area contributed by atoms with Crippen LogP contribution in [0.2, 0.25) is 0 Å². The Kier molecular flexibility index (Phi) is 3.62. The Bertz CT molecular complexity index is 1220. The van der Waals surface area contributed by atoms with Crippen LogP contribution in [0.5, 0.6) is 0 Å². The summed E-state index contributed by atoms with van der Waals surface area (Å²) in [6, 6.07) is 4.84. The van der Waals surface area contributed by atoms with E-state index in [4.69, 9.17) is 5.73 Å². The first kappa shape index (κ1) is 16.4. The van der Waals surface area contributed by atoms with E-state index in [1.54, 1.807) is 30.6 Å². The van der Waals surface area contributed by atoms with E-state index in [1.165, 1.54) is 6.26 Å². The lowest BCUT2D eigenvalue weighted by molar-refractivity contribution is 0.517. The highest BCUT2D eigenvalue weighted by atomic mass is 32.2. The molecular weight excluding hydrogens is 352 g/mol. The SMILES string of the molecule is CN1C=CN=C(c2nc3cc(S(C)(=O)=O)ccc3c3cnc(N)nc23)C1. The van der Waals surface area contributed by atoms with E-state index in [2.05, 4.69) is 19.9 Å². The zero-order valence-electron chi connectivity index (χ0n) is 14.2. The van der Waals surface area contributed by atoms with Crippen molar-refractivity contribution < 1.29 is 8.42 Å². The fourth-order valence-electron chi connectivity index (χ4n) is 2.91. The number of sulfone groups is 1. The van der Waals surface area contributed by atoms with Crippen molar-refractivity contribution in [1.29, 1.82) is 0 Å². The molecule has 2 N–H and O–H groups in total. The third-order valence-electron chi connectivity index (χ3n) is 4.18. The van der Waals surface area contributed by atoms with Gasteiger partial charge in [-0.25, -0.2) is 23.4 Å². The fourth-order valence-corrected chi connectivity index (χ4v) is 3.55. The highest BCUT2D eigenvalue weighted by Gasteiger charge is 2.19. The molecule has 4 rings (SSSR count). The van der Waals surface area contributed by atoms with Gasteiger partial charge in [-0.1, -0.05) is 6.07 Å². The first-order valence-electron chi connectivity index (χ1n) is 7.83. The number of hydrogen-bond acceptors (Lipinski definition) is 8. The highest BCUT2D eigenvalue weighted by Crippen LogP contribution is 2.28. The molecule has 0 saturated carbocycles. The number of fused-ring (bicyclic) bond motifs is 3. The van der Waals surface area contributed by atoms with Gasteiger partial charge in [-0.2, -0.15) is 0 Å². The van der Waals surface area contributed by atoms with Crippen molar-refractivity contribution >= 4 is 43.3 Å². The second-order valence-corrected chi connectivity index (χ2v) is 8.21. The molecule has 0 saturated heterocycles. The Labute approximate surface area is 150 Å². The van der Waals surface area contributed by atoms with Crippen LogP contribution in [0, 0.1) is 0 Å². The lowest BCUT2D eigenvalue weighted by Crippen LogP contribution is -2.25. The third kappa shape index (κ3) is 2.76. The second-order valence-electron chi connectivity index (χ2n) is 6.19. The van der Waals surface area contributed by atoms with E-state index in [-0.39, 0.29) is 10.8 Å². The molecule has 0 amide bonds. The Morgan fingerprint density at radius 1 is 1.19 bits per heavy atom. The zero-order valence-corrected chi connectivity index (χ0v) is 15.0. The van der Waals surface area contributed by atoms with E-state index < -0.39 is 9.84 Å². The minimum atomic E-state index is -3.34. The number of aliphatic imine (C=N–C) groups is 1. The van der Waals surface area contributed by atoms with Crippen LogP contribution in [0.15, 0.2) is 46.7 Å². The average molecular weight is 368 g/mol. The van der Waals surface area contributed by atoms with Crippen LogP contribution in [0.3, 0.4) is 0 Å². The number of likely N-dealkylation sites (N-methyl/N-ethyl adjacent to an activating group) is 1. The number of anilines is 1. The normalized spacial score (nSPS) is 14.8. The van der Waals surface area contributed by atoms with Gasteiger partial charge in [0, 0.05) is 42.7 Å². The second kappa shape index (κ2) is 5.73. The molecule has 0 atom stereocenters. The van der Waals surface area contributed by atoms with Crippen molar-refractivity contribution in [2.24, 2.45) is 4.99 Å². The fraction of sp³-hybridized carbons (Fsp3) is 0.176. The predicted octanol–water partition coefficient (Wildman–Crippen LogP) is 1.37. The zero-order chi connectivity index (χ0) is 18.5. The van der Waals surface area contributed by atoms with Gasteiger partial charge in [-0.15, -0.1) is 0 Å². The van der Waals surface area contributed by atoms with E-state index in [0.717, 1.165) is 16.5 Å². The monoisotopic (exact) mass is 368 g/mol. The van der Waals surface area contributed by atoms with E-state index in [1.807, 2.05) is 18.1 Å². The van der Waals surface area contributed by atoms with E-state index in [9.17, 15) is 8.42 Å². The van der Waals surface area contributed by atoms with Gasteiger partial charge >= 0.3 is 0 Å². The topological polar surface area (TPSA) is 114 Å². The van der Waals surface area contributed by atoms with Gasteiger partial charge in [0.2, 0.25) is 5.95 Å². The summed E-state index contributed by atoms with van der Waals surface area (Å²) >= 11 is 0. The van der Waals surface area contributed by atoms with Crippen molar-refractivity contribution in [2.75, 3.05) is 25.6 Å². The number of hydrogen-bond donors (Lipinski definition) is 1. The van der Waals surface area contributed by atoms with Gasteiger partial charge in [-0.05, 0) is 12.1 Å². The number of pyridine rings is 1. The molecule has 0 unspecified atom stereocenters. The Balaban J connectivity index is 2.09. The molecule has 1 aliphatic rings. The minimum Gasteiger partial charge on any atom is -0.373 e. The van der Waals surface area contributed by atoms with Crippen LogP contribution in [0.1, 0.15) is 5.69 Å². The third-order valence-corrected chi connectivity index (χ3v) is 5.29. The molecule has 2 aromatic heterocycles. The van der Waals surface area contributed by atoms with Crippen LogP contribution in [0.25, 0.3) is 21.8 Å². The molecule has 0 radical (unpaired) electrons. The largest absolute Gasteiger partial charge is 0.373 e. The number of rotatable bonds is 2. The van der Waals surface area contributed by atoms with Gasteiger partial charge < -0.3 is 10.6 Å². The van der Waals surface area contributed by atoms with Gasteiger partial charge in [0.25, 0.3) is 0 Å². The molecule has 0 spiro atoms. The lowest BCUT2D eigenvalue weighted by atomic mass is 10.1. The summed E-state index contributed by atoms with van der Waals surface area (Å²) < 4.78 is 23.8. The smallest absolute Gasteiger partial charge is 0.220 e. The molecule has 0 aliphatic carbocycles. The van der Waals surface area contributed by atoms with Crippen LogP contribution >= 0.6 is 0 Å². The first-order valence-corrected chi connectivity index (χ1v) is 9.72. The van der Waals surface area contributed by atoms with Crippen molar-refractivity contribution in [3.05, 3.63) is 42.5 Å². The maximum Gasteiger partial charge on any atom is 0.220 e. The quantitative estimate of drug-likeness (QED) is 0.679. The Hall–Kier alpha value is -3.07. The van der Waals surface area contributed by atoms with Crippen molar-refractivity contribution in [3.8, 4) is 0 Å².